The normalized spacial score (nSPS) is 18.8. The molecule has 3 heterocycles. The van der Waals surface area contributed by atoms with Gasteiger partial charge in [0.2, 0.25) is 0 Å². The molecule has 2 N–H and O–H groups in total. The SMILES string of the molecule is Cc1ccc(NC(=O)N2CC[C@@H](CC(F)(F)F)C2)cc1-c1cc(/C=C/CO)nc(N2CCOCC2)c1. The Bertz CT molecular complexity index is 1100. The molecule has 1 atom stereocenters. The zero-order chi connectivity index (χ0) is 25.7. The third-order valence-corrected chi connectivity index (χ3v) is 6.45. The van der Waals surface area contributed by atoms with E-state index in [-0.39, 0.29) is 13.2 Å². The van der Waals surface area contributed by atoms with Gasteiger partial charge < -0.3 is 25.0 Å². The van der Waals surface area contributed by atoms with Crippen LogP contribution in [0.2, 0.25) is 0 Å². The van der Waals surface area contributed by atoms with E-state index in [1.54, 1.807) is 18.2 Å². The molecule has 0 spiro atoms. The summed E-state index contributed by atoms with van der Waals surface area (Å²) in [4.78, 5) is 21.1. The molecule has 2 fully saturated rings. The Balaban J connectivity index is 1.55. The minimum atomic E-state index is -4.22. The third kappa shape index (κ3) is 6.76. The standard InChI is InChI=1S/C26H31F3N4O3/c1-18-4-5-22(31-25(35)33-7-6-19(17-33)16-26(27,28)29)15-23(18)20-13-21(3-2-10-34)30-24(14-20)32-8-11-36-12-9-32/h2-5,13-15,19,34H,6-12,16-17H2,1H3,(H,31,35)/b3-2+/t19-/m0/s1. The summed E-state index contributed by atoms with van der Waals surface area (Å²) >= 11 is 0. The fourth-order valence-corrected chi connectivity index (χ4v) is 4.63. The number of alkyl halides is 3. The molecule has 0 radical (unpaired) electrons. The first-order valence-corrected chi connectivity index (χ1v) is 12.1. The highest BCUT2D eigenvalue weighted by Gasteiger charge is 2.36. The van der Waals surface area contributed by atoms with E-state index in [2.05, 4.69) is 10.2 Å². The molecule has 2 amide bonds. The van der Waals surface area contributed by atoms with Crippen molar-refractivity contribution in [2.24, 2.45) is 5.92 Å². The summed E-state index contributed by atoms with van der Waals surface area (Å²) in [5, 5.41) is 12.1. The lowest BCUT2D eigenvalue weighted by Gasteiger charge is -2.28. The lowest BCUT2D eigenvalue weighted by molar-refractivity contribution is -0.143. The van der Waals surface area contributed by atoms with E-state index in [1.807, 2.05) is 31.2 Å². The highest BCUT2D eigenvalue weighted by molar-refractivity contribution is 5.91. The molecule has 0 aliphatic carbocycles. The number of amides is 2. The number of rotatable bonds is 6. The number of benzene rings is 1. The number of pyridine rings is 1. The number of halogens is 3. The van der Waals surface area contributed by atoms with Crippen molar-refractivity contribution in [2.45, 2.75) is 25.9 Å². The number of hydrogen-bond acceptors (Lipinski definition) is 5. The molecule has 0 saturated carbocycles. The van der Waals surface area contributed by atoms with Crippen LogP contribution in [0.3, 0.4) is 0 Å². The van der Waals surface area contributed by atoms with E-state index in [9.17, 15) is 23.1 Å². The van der Waals surface area contributed by atoms with Crippen LogP contribution in [0.15, 0.2) is 36.4 Å². The molecule has 2 aromatic rings. The average molecular weight is 505 g/mol. The topological polar surface area (TPSA) is 77.9 Å². The predicted octanol–water partition coefficient (Wildman–Crippen LogP) is 4.71. The summed E-state index contributed by atoms with van der Waals surface area (Å²) in [6.07, 6.45) is -1.36. The van der Waals surface area contributed by atoms with E-state index in [1.165, 1.54) is 4.90 Å². The zero-order valence-corrected chi connectivity index (χ0v) is 20.2. The summed E-state index contributed by atoms with van der Waals surface area (Å²) in [6.45, 7) is 4.96. The minimum Gasteiger partial charge on any atom is -0.392 e. The van der Waals surface area contributed by atoms with Gasteiger partial charge in [0.05, 0.1) is 25.5 Å². The van der Waals surface area contributed by atoms with Crippen molar-refractivity contribution in [3.63, 3.8) is 0 Å². The Hall–Kier alpha value is -3.11. The number of hydrogen-bond donors (Lipinski definition) is 2. The van der Waals surface area contributed by atoms with Gasteiger partial charge in [-0.05, 0) is 66.3 Å². The van der Waals surface area contributed by atoms with Crippen LogP contribution >= 0.6 is 0 Å². The number of nitrogens with zero attached hydrogens (tertiary/aromatic N) is 3. The van der Waals surface area contributed by atoms with E-state index in [0.717, 1.165) is 35.6 Å². The molecule has 1 aromatic carbocycles. The second kappa shape index (κ2) is 11.3. The quantitative estimate of drug-likeness (QED) is 0.596. The minimum absolute atomic E-state index is 0.0951. The number of aliphatic hydroxyl groups is 1. The van der Waals surface area contributed by atoms with Gasteiger partial charge >= 0.3 is 12.2 Å². The summed E-state index contributed by atoms with van der Waals surface area (Å²) in [5.74, 6) is 0.236. The van der Waals surface area contributed by atoms with Gasteiger partial charge in [-0.2, -0.15) is 13.2 Å². The predicted molar refractivity (Wildman–Crippen MR) is 133 cm³/mol. The Labute approximate surface area is 208 Å². The molecular formula is C26H31F3N4O3. The second-order valence-corrected chi connectivity index (χ2v) is 9.20. The van der Waals surface area contributed by atoms with Crippen LogP contribution in [0.4, 0.5) is 29.5 Å². The van der Waals surface area contributed by atoms with Crippen LogP contribution in [0.5, 0.6) is 0 Å². The number of carbonyl (C=O) groups excluding carboxylic acids is 1. The molecule has 2 saturated heterocycles. The summed E-state index contributed by atoms with van der Waals surface area (Å²) in [6, 6.07) is 9.08. The summed E-state index contributed by atoms with van der Waals surface area (Å²) in [7, 11) is 0. The molecule has 0 bridgehead atoms. The molecule has 0 unspecified atom stereocenters. The first-order chi connectivity index (χ1) is 17.2. The van der Waals surface area contributed by atoms with E-state index < -0.39 is 24.5 Å². The number of likely N-dealkylation sites (tertiary alicyclic amines) is 1. The Morgan fingerprint density at radius 3 is 2.72 bits per heavy atom. The van der Waals surface area contributed by atoms with E-state index in [4.69, 9.17) is 9.72 Å². The van der Waals surface area contributed by atoms with Gasteiger partial charge in [-0.3, -0.25) is 0 Å². The number of nitrogens with one attached hydrogen (secondary N) is 1. The number of ether oxygens (including phenoxy) is 1. The van der Waals surface area contributed by atoms with Crippen molar-refractivity contribution in [1.29, 1.82) is 0 Å². The first-order valence-electron chi connectivity index (χ1n) is 12.1. The molecule has 1 aromatic heterocycles. The lowest BCUT2D eigenvalue weighted by Crippen LogP contribution is -2.36. The van der Waals surface area contributed by atoms with Gasteiger partial charge in [-0.15, -0.1) is 0 Å². The maximum Gasteiger partial charge on any atom is 0.389 e. The monoisotopic (exact) mass is 504 g/mol. The molecule has 194 valence electrons. The molecule has 7 nitrogen and oxygen atoms in total. The Kier molecular flexibility index (Phi) is 8.15. The van der Waals surface area contributed by atoms with Crippen LogP contribution in [0, 0.1) is 12.8 Å². The number of anilines is 2. The number of carbonyl (C=O) groups is 1. The smallest absolute Gasteiger partial charge is 0.389 e. The van der Waals surface area contributed by atoms with Crippen molar-refractivity contribution in [1.82, 2.24) is 9.88 Å². The van der Waals surface area contributed by atoms with Crippen LogP contribution < -0.4 is 10.2 Å². The summed E-state index contributed by atoms with van der Waals surface area (Å²) < 4.78 is 43.6. The van der Waals surface area contributed by atoms with Gasteiger partial charge in [-0.25, -0.2) is 9.78 Å². The van der Waals surface area contributed by atoms with Gasteiger partial charge in [-0.1, -0.05) is 12.1 Å². The van der Waals surface area contributed by atoms with Crippen molar-refractivity contribution in [3.8, 4) is 11.1 Å². The average Bonchev–Trinajstić information content (AvgIpc) is 3.31. The highest BCUT2D eigenvalue weighted by Crippen LogP contribution is 2.32. The fourth-order valence-electron chi connectivity index (χ4n) is 4.63. The second-order valence-electron chi connectivity index (χ2n) is 9.20. The third-order valence-electron chi connectivity index (χ3n) is 6.45. The fraction of sp³-hybridized carbons (Fsp3) is 0.462. The summed E-state index contributed by atoms with van der Waals surface area (Å²) in [5.41, 5.74) is 4.07. The van der Waals surface area contributed by atoms with Crippen LogP contribution in [-0.2, 0) is 4.74 Å². The molecule has 2 aliphatic rings. The molecule has 2 aliphatic heterocycles. The van der Waals surface area contributed by atoms with Crippen molar-refractivity contribution < 1.29 is 27.8 Å². The van der Waals surface area contributed by atoms with Crippen molar-refractivity contribution in [2.75, 3.05) is 56.2 Å². The van der Waals surface area contributed by atoms with Crippen LogP contribution in [0.25, 0.3) is 17.2 Å². The van der Waals surface area contributed by atoms with Gasteiger partial charge in [0.1, 0.15) is 5.82 Å². The molecule has 36 heavy (non-hydrogen) atoms. The van der Waals surface area contributed by atoms with Crippen molar-refractivity contribution in [3.05, 3.63) is 47.7 Å². The molecular weight excluding hydrogens is 473 g/mol. The number of aliphatic hydroxyl groups excluding tert-OH is 1. The maximum atomic E-state index is 12.8. The molecule has 10 heteroatoms. The van der Waals surface area contributed by atoms with Crippen molar-refractivity contribution >= 4 is 23.6 Å². The van der Waals surface area contributed by atoms with Gasteiger partial charge in [0, 0.05) is 38.3 Å². The maximum absolute atomic E-state index is 12.8. The van der Waals surface area contributed by atoms with Crippen LogP contribution in [-0.4, -0.2) is 73.2 Å². The molecule has 4 rings (SSSR count). The number of morpholine rings is 1. The lowest BCUT2D eigenvalue weighted by atomic mass is 9.99. The number of urea groups is 1. The van der Waals surface area contributed by atoms with Gasteiger partial charge in [0.25, 0.3) is 0 Å². The highest BCUT2D eigenvalue weighted by atomic mass is 19.4. The van der Waals surface area contributed by atoms with Gasteiger partial charge in [0.15, 0.2) is 0 Å². The Morgan fingerprint density at radius 2 is 2.00 bits per heavy atom. The van der Waals surface area contributed by atoms with E-state index in [0.29, 0.717) is 37.6 Å². The van der Waals surface area contributed by atoms with E-state index >= 15 is 0 Å². The number of aromatic nitrogens is 1. The largest absolute Gasteiger partial charge is 0.392 e. The zero-order valence-electron chi connectivity index (χ0n) is 20.2. The number of aryl methyl sites for hydroxylation is 1. The first kappa shape index (κ1) is 26.0. The Morgan fingerprint density at radius 1 is 1.22 bits per heavy atom. The van der Waals surface area contributed by atoms with Crippen LogP contribution in [0.1, 0.15) is 24.1 Å².